The largest absolute Gasteiger partial charge is 0.482 e. The fraction of sp³-hybridized carbons (Fsp3) is 0.316. The summed E-state index contributed by atoms with van der Waals surface area (Å²) in [7, 11) is -3.38. The third kappa shape index (κ3) is 5.06. The molecular formula is C19H23NO5S. The van der Waals surface area contributed by atoms with Crippen molar-refractivity contribution < 1.29 is 22.7 Å². The number of nitrogens with two attached hydrogens (primary N) is 1. The van der Waals surface area contributed by atoms with Crippen LogP contribution in [-0.2, 0) is 25.8 Å². The Hall–Kier alpha value is -2.38. The van der Waals surface area contributed by atoms with Crippen molar-refractivity contribution in [2.24, 2.45) is 5.73 Å². The summed E-state index contributed by atoms with van der Waals surface area (Å²) in [6, 6.07) is 12.2. The van der Waals surface area contributed by atoms with Gasteiger partial charge < -0.3 is 15.2 Å². The molecule has 0 bridgehead atoms. The Morgan fingerprint density at radius 3 is 2.54 bits per heavy atom. The van der Waals surface area contributed by atoms with Gasteiger partial charge in [0.2, 0.25) is 0 Å². The van der Waals surface area contributed by atoms with E-state index >= 15 is 0 Å². The Morgan fingerprint density at radius 1 is 1.15 bits per heavy atom. The van der Waals surface area contributed by atoms with E-state index in [4.69, 9.17) is 15.2 Å². The van der Waals surface area contributed by atoms with Gasteiger partial charge in [0.25, 0.3) is 0 Å². The number of rotatable bonds is 8. The Morgan fingerprint density at radius 2 is 1.88 bits per heavy atom. The smallest absolute Gasteiger partial charge is 0.344 e. The fourth-order valence-electron chi connectivity index (χ4n) is 2.59. The molecule has 0 aromatic heterocycles. The number of hydrogen-bond donors (Lipinski definition) is 1. The van der Waals surface area contributed by atoms with Gasteiger partial charge in [-0.15, -0.1) is 0 Å². The molecule has 0 aliphatic carbocycles. The summed E-state index contributed by atoms with van der Waals surface area (Å²) in [4.78, 5) is 11.8. The molecule has 2 N–H and O–H groups in total. The third-order valence-electron chi connectivity index (χ3n) is 3.73. The highest BCUT2D eigenvalue weighted by Gasteiger charge is 2.16. The molecule has 2 aromatic carbocycles. The number of ether oxygens (including phenoxy) is 2. The van der Waals surface area contributed by atoms with Crippen LogP contribution in [0.2, 0.25) is 0 Å². The zero-order valence-corrected chi connectivity index (χ0v) is 15.7. The maximum Gasteiger partial charge on any atom is 0.344 e. The zero-order valence-electron chi connectivity index (χ0n) is 14.9. The molecule has 0 aliphatic rings. The molecule has 2 rings (SSSR count). The first-order chi connectivity index (χ1) is 12.4. The molecule has 26 heavy (non-hydrogen) atoms. The van der Waals surface area contributed by atoms with E-state index in [1.165, 1.54) is 6.26 Å². The average Bonchev–Trinajstić information content (AvgIpc) is 2.60. The molecule has 0 heterocycles. The van der Waals surface area contributed by atoms with Gasteiger partial charge in [-0.05, 0) is 43.1 Å². The Bertz CT molecular complexity index is 877. The van der Waals surface area contributed by atoms with Crippen molar-refractivity contribution in [3.8, 4) is 16.9 Å². The lowest BCUT2D eigenvalue weighted by Gasteiger charge is -2.14. The second kappa shape index (κ2) is 8.82. The monoisotopic (exact) mass is 377 g/mol. The number of benzene rings is 2. The van der Waals surface area contributed by atoms with Gasteiger partial charge in [-0.1, -0.05) is 30.3 Å². The normalized spacial score (nSPS) is 11.2. The second-order valence-corrected chi connectivity index (χ2v) is 7.71. The molecule has 7 heteroatoms. The number of carbonyl (C=O) groups excluding carboxylic acids is 1. The van der Waals surface area contributed by atoms with Crippen LogP contribution in [-0.4, -0.2) is 40.4 Å². The summed E-state index contributed by atoms with van der Waals surface area (Å²) in [6.45, 7) is 2.21. The summed E-state index contributed by atoms with van der Waals surface area (Å²) in [5.74, 6) is 0.0254. The lowest BCUT2D eigenvalue weighted by molar-refractivity contribution is -0.145. The van der Waals surface area contributed by atoms with Crippen molar-refractivity contribution in [2.45, 2.75) is 18.2 Å². The van der Waals surface area contributed by atoms with Crippen LogP contribution in [0.25, 0.3) is 11.1 Å². The zero-order chi connectivity index (χ0) is 19.2. The topological polar surface area (TPSA) is 95.7 Å². The molecule has 6 nitrogen and oxygen atoms in total. The Labute approximate surface area is 153 Å². The van der Waals surface area contributed by atoms with Crippen LogP contribution in [0.5, 0.6) is 5.75 Å². The standard InChI is InChI=1S/C19H23NO5S/c1-3-24-19(21)13-25-17-12-15(9-8-14(17)10-11-20)16-6-4-5-7-18(16)26(2,22)23/h4-9,12H,3,10-11,13,20H2,1-2H3. The SMILES string of the molecule is CCOC(=O)COc1cc(-c2ccccc2S(C)(=O)=O)ccc1CCN. The van der Waals surface area contributed by atoms with Gasteiger partial charge >= 0.3 is 5.97 Å². The summed E-state index contributed by atoms with van der Waals surface area (Å²) >= 11 is 0. The molecule has 0 spiro atoms. The number of esters is 1. The maximum absolute atomic E-state index is 12.1. The van der Waals surface area contributed by atoms with E-state index in [-0.39, 0.29) is 18.1 Å². The van der Waals surface area contributed by atoms with Gasteiger partial charge in [0, 0.05) is 11.8 Å². The average molecular weight is 377 g/mol. The minimum atomic E-state index is -3.38. The molecule has 0 amide bonds. The lowest BCUT2D eigenvalue weighted by atomic mass is 10.0. The van der Waals surface area contributed by atoms with E-state index in [1.807, 2.05) is 12.1 Å². The number of hydrogen-bond acceptors (Lipinski definition) is 6. The molecule has 140 valence electrons. The van der Waals surface area contributed by atoms with Crippen LogP contribution in [0.4, 0.5) is 0 Å². The molecule has 0 radical (unpaired) electrons. The van der Waals surface area contributed by atoms with E-state index in [2.05, 4.69) is 0 Å². The third-order valence-corrected chi connectivity index (χ3v) is 4.88. The van der Waals surface area contributed by atoms with Gasteiger partial charge in [-0.25, -0.2) is 13.2 Å². The Kier molecular flexibility index (Phi) is 6.76. The lowest BCUT2D eigenvalue weighted by Crippen LogP contribution is -2.15. The molecule has 2 aromatic rings. The summed E-state index contributed by atoms with van der Waals surface area (Å²) in [5, 5.41) is 0. The van der Waals surface area contributed by atoms with Crippen molar-refractivity contribution in [2.75, 3.05) is 26.0 Å². The highest BCUT2D eigenvalue weighted by Crippen LogP contribution is 2.32. The van der Waals surface area contributed by atoms with E-state index in [0.29, 0.717) is 29.8 Å². The molecule has 0 unspecified atom stereocenters. The van der Waals surface area contributed by atoms with Crippen LogP contribution in [0, 0.1) is 0 Å². The predicted octanol–water partition coefficient (Wildman–Crippen LogP) is 2.20. The minimum absolute atomic E-state index is 0.220. The minimum Gasteiger partial charge on any atom is -0.482 e. The highest BCUT2D eigenvalue weighted by atomic mass is 32.2. The van der Waals surface area contributed by atoms with E-state index in [1.54, 1.807) is 37.3 Å². The fourth-order valence-corrected chi connectivity index (χ4v) is 3.50. The van der Waals surface area contributed by atoms with Crippen LogP contribution < -0.4 is 10.5 Å². The number of carbonyl (C=O) groups is 1. The first kappa shape index (κ1) is 19.9. The summed E-state index contributed by atoms with van der Waals surface area (Å²) < 4.78 is 34.6. The summed E-state index contributed by atoms with van der Waals surface area (Å²) in [6.07, 6.45) is 1.75. The molecular weight excluding hydrogens is 354 g/mol. The molecule has 0 saturated carbocycles. The van der Waals surface area contributed by atoms with Crippen molar-refractivity contribution in [1.82, 2.24) is 0 Å². The number of sulfone groups is 1. The van der Waals surface area contributed by atoms with E-state index in [0.717, 1.165) is 5.56 Å². The van der Waals surface area contributed by atoms with Crippen LogP contribution >= 0.6 is 0 Å². The van der Waals surface area contributed by atoms with Crippen LogP contribution in [0.3, 0.4) is 0 Å². The quantitative estimate of drug-likeness (QED) is 0.709. The van der Waals surface area contributed by atoms with E-state index < -0.39 is 15.8 Å². The molecule has 0 atom stereocenters. The van der Waals surface area contributed by atoms with Crippen molar-refractivity contribution >= 4 is 15.8 Å². The van der Waals surface area contributed by atoms with Gasteiger partial charge in [-0.2, -0.15) is 0 Å². The van der Waals surface area contributed by atoms with Gasteiger partial charge in [0.1, 0.15) is 5.75 Å². The first-order valence-electron chi connectivity index (χ1n) is 8.27. The van der Waals surface area contributed by atoms with Crippen molar-refractivity contribution in [1.29, 1.82) is 0 Å². The van der Waals surface area contributed by atoms with Crippen molar-refractivity contribution in [3.63, 3.8) is 0 Å². The van der Waals surface area contributed by atoms with Crippen molar-refractivity contribution in [3.05, 3.63) is 48.0 Å². The Balaban J connectivity index is 2.43. The second-order valence-electron chi connectivity index (χ2n) is 5.72. The van der Waals surface area contributed by atoms with E-state index in [9.17, 15) is 13.2 Å². The highest BCUT2D eigenvalue weighted by molar-refractivity contribution is 7.90. The molecule has 0 fully saturated rings. The maximum atomic E-state index is 12.1. The van der Waals surface area contributed by atoms with Gasteiger partial charge in [-0.3, -0.25) is 0 Å². The summed E-state index contributed by atoms with van der Waals surface area (Å²) in [5.41, 5.74) is 7.75. The van der Waals surface area contributed by atoms with Gasteiger partial charge in [0.05, 0.1) is 11.5 Å². The van der Waals surface area contributed by atoms with Crippen LogP contribution in [0.15, 0.2) is 47.4 Å². The van der Waals surface area contributed by atoms with Gasteiger partial charge in [0.15, 0.2) is 16.4 Å². The van der Waals surface area contributed by atoms with Crippen LogP contribution in [0.1, 0.15) is 12.5 Å². The first-order valence-corrected chi connectivity index (χ1v) is 10.2. The molecule has 0 saturated heterocycles. The molecule has 0 aliphatic heterocycles. The predicted molar refractivity (Wildman–Crippen MR) is 99.9 cm³/mol.